The quantitative estimate of drug-likeness (QED) is 0.679. The number of hydrogen-bond acceptors (Lipinski definition) is 3. The molecule has 0 bridgehead atoms. The van der Waals surface area contributed by atoms with Gasteiger partial charge in [-0.3, -0.25) is 14.4 Å². The largest absolute Gasteiger partial charge is 0.480 e. The molecule has 2 aromatic carbocycles. The number of carbonyl (C=O) groups is 3. The number of benzene rings is 2. The van der Waals surface area contributed by atoms with Crippen LogP contribution in [0.5, 0.6) is 0 Å². The van der Waals surface area contributed by atoms with Crippen LogP contribution < -0.4 is 10.6 Å². The Bertz CT molecular complexity index is 895. The van der Waals surface area contributed by atoms with E-state index in [1.807, 2.05) is 0 Å². The van der Waals surface area contributed by atoms with Crippen molar-refractivity contribution >= 4 is 23.5 Å². The zero-order valence-corrected chi connectivity index (χ0v) is 14.7. The Morgan fingerprint density at radius 2 is 1.68 bits per heavy atom. The summed E-state index contributed by atoms with van der Waals surface area (Å²) in [4.78, 5) is 34.3. The van der Waals surface area contributed by atoms with E-state index in [2.05, 4.69) is 10.6 Å². The van der Waals surface area contributed by atoms with Crippen molar-refractivity contribution in [3.8, 4) is 0 Å². The van der Waals surface area contributed by atoms with Gasteiger partial charge < -0.3 is 15.7 Å². The van der Waals surface area contributed by atoms with Crippen LogP contribution in [-0.2, 0) is 20.8 Å². The SMILES string of the molecule is O=C(O)CNC(=O)Cc1ccc(NC(=O)C2CC2c2c(F)cccc2F)cc1. The van der Waals surface area contributed by atoms with E-state index in [1.165, 1.54) is 18.2 Å². The fraction of sp³-hybridized carbons (Fsp3) is 0.250. The van der Waals surface area contributed by atoms with E-state index in [1.54, 1.807) is 24.3 Å². The first-order valence-corrected chi connectivity index (χ1v) is 8.67. The molecule has 2 unspecified atom stereocenters. The molecule has 0 spiro atoms. The van der Waals surface area contributed by atoms with Gasteiger partial charge in [-0.05, 0) is 36.2 Å². The lowest BCUT2D eigenvalue weighted by Crippen LogP contribution is -2.30. The van der Waals surface area contributed by atoms with E-state index in [9.17, 15) is 23.2 Å². The van der Waals surface area contributed by atoms with Gasteiger partial charge in [-0.15, -0.1) is 0 Å². The predicted molar refractivity (Wildman–Crippen MR) is 96.6 cm³/mol. The van der Waals surface area contributed by atoms with E-state index >= 15 is 0 Å². The maximum Gasteiger partial charge on any atom is 0.322 e. The molecule has 2 amide bonds. The van der Waals surface area contributed by atoms with E-state index in [4.69, 9.17) is 5.11 Å². The summed E-state index contributed by atoms with van der Waals surface area (Å²) in [7, 11) is 0. The fourth-order valence-electron chi connectivity index (χ4n) is 3.03. The Kier molecular flexibility index (Phi) is 5.67. The van der Waals surface area contributed by atoms with Gasteiger partial charge in [0, 0.05) is 23.1 Å². The molecule has 3 N–H and O–H groups in total. The molecule has 1 aliphatic carbocycles. The van der Waals surface area contributed by atoms with Crippen LogP contribution in [0.15, 0.2) is 42.5 Å². The smallest absolute Gasteiger partial charge is 0.322 e. The molecule has 146 valence electrons. The molecule has 0 aromatic heterocycles. The summed E-state index contributed by atoms with van der Waals surface area (Å²) in [5.41, 5.74) is 1.10. The van der Waals surface area contributed by atoms with Crippen LogP contribution in [0.2, 0.25) is 0 Å². The molecule has 6 nitrogen and oxygen atoms in total. The normalized spacial score (nSPS) is 17.6. The highest BCUT2D eigenvalue weighted by Gasteiger charge is 2.46. The molecule has 28 heavy (non-hydrogen) atoms. The number of halogens is 2. The molecular weight excluding hydrogens is 370 g/mol. The summed E-state index contributed by atoms with van der Waals surface area (Å²) in [6.07, 6.45) is 0.393. The zero-order valence-electron chi connectivity index (χ0n) is 14.7. The average Bonchev–Trinajstić information content (AvgIpc) is 3.42. The average molecular weight is 388 g/mol. The Labute approximate surface area is 159 Å². The number of amides is 2. The van der Waals surface area contributed by atoms with Crippen molar-refractivity contribution < 1.29 is 28.3 Å². The summed E-state index contributed by atoms with van der Waals surface area (Å²) < 4.78 is 27.6. The van der Waals surface area contributed by atoms with Gasteiger partial charge in [0.2, 0.25) is 11.8 Å². The number of anilines is 1. The second-order valence-electron chi connectivity index (χ2n) is 6.62. The van der Waals surface area contributed by atoms with Crippen LogP contribution in [0.25, 0.3) is 0 Å². The Morgan fingerprint density at radius 1 is 1.04 bits per heavy atom. The summed E-state index contributed by atoms with van der Waals surface area (Å²) in [5.74, 6) is -4.13. The minimum Gasteiger partial charge on any atom is -0.480 e. The van der Waals surface area contributed by atoms with E-state index in [0.29, 0.717) is 17.7 Å². The molecule has 1 saturated carbocycles. The molecule has 0 heterocycles. The highest BCUT2D eigenvalue weighted by Crippen LogP contribution is 2.49. The Hall–Kier alpha value is -3.29. The third-order valence-electron chi connectivity index (χ3n) is 4.52. The van der Waals surface area contributed by atoms with Gasteiger partial charge in [-0.1, -0.05) is 18.2 Å². The van der Waals surface area contributed by atoms with Gasteiger partial charge in [-0.25, -0.2) is 8.78 Å². The van der Waals surface area contributed by atoms with Crippen LogP contribution in [0.3, 0.4) is 0 Å². The second-order valence-corrected chi connectivity index (χ2v) is 6.62. The van der Waals surface area contributed by atoms with E-state index in [-0.39, 0.29) is 17.9 Å². The summed E-state index contributed by atoms with van der Waals surface area (Å²) in [6.45, 7) is -0.446. The predicted octanol–water partition coefficient (Wildman–Crippen LogP) is 2.45. The number of rotatable bonds is 7. The number of aliphatic carboxylic acids is 1. The van der Waals surface area contributed by atoms with E-state index < -0.39 is 41.9 Å². The number of nitrogens with one attached hydrogen (secondary N) is 2. The van der Waals surface area contributed by atoms with Crippen LogP contribution >= 0.6 is 0 Å². The van der Waals surface area contributed by atoms with Gasteiger partial charge in [0.25, 0.3) is 0 Å². The minimum absolute atomic E-state index is 0.0127. The fourth-order valence-corrected chi connectivity index (χ4v) is 3.03. The maximum atomic E-state index is 13.8. The standard InChI is InChI=1S/C20H18F2N2O4/c21-15-2-1-3-16(22)19(15)13-9-14(13)20(28)24-12-6-4-11(5-7-12)8-17(25)23-10-18(26)27/h1-7,13-14H,8-10H2,(H,23,25)(H,24,28)(H,26,27). The first kappa shape index (κ1) is 19.5. The molecule has 0 aliphatic heterocycles. The highest BCUT2D eigenvalue weighted by molar-refractivity contribution is 5.95. The molecule has 1 fully saturated rings. The molecule has 2 atom stereocenters. The summed E-state index contributed by atoms with van der Waals surface area (Å²) in [6, 6.07) is 10.1. The van der Waals surface area contributed by atoms with Crippen LogP contribution in [0.4, 0.5) is 14.5 Å². The zero-order chi connectivity index (χ0) is 20.3. The molecule has 3 rings (SSSR count). The van der Waals surface area contributed by atoms with Crippen molar-refractivity contribution in [2.24, 2.45) is 5.92 Å². The molecule has 1 aliphatic rings. The van der Waals surface area contributed by atoms with Gasteiger partial charge in [-0.2, -0.15) is 0 Å². The molecular formula is C20H18F2N2O4. The van der Waals surface area contributed by atoms with Crippen LogP contribution in [0, 0.1) is 17.6 Å². The molecule has 8 heteroatoms. The Balaban J connectivity index is 1.54. The van der Waals surface area contributed by atoms with Gasteiger partial charge in [0.1, 0.15) is 18.2 Å². The van der Waals surface area contributed by atoms with Crippen LogP contribution in [0.1, 0.15) is 23.5 Å². The molecule has 0 radical (unpaired) electrons. The maximum absolute atomic E-state index is 13.8. The summed E-state index contributed by atoms with van der Waals surface area (Å²) in [5, 5.41) is 13.5. The number of carboxylic acid groups (broad SMARTS) is 1. The monoisotopic (exact) mass is 388 g/mol. The van der Waals surface area contributed by atoms with Crippen molar-refractivity contribution in [3.63, 3.8) is 0 Å². The highest BCUT2D eigenvalue weighted by atomic mass is 19.1. The van der Waals surface area contributed by atoms with Crippen molar-refractivity contribution in [1.82, 2.24) is 5.32 Å². The lowest BCUT2D eigenvalue weighted by molar-refractivity contribution is -0.137. The summed E-state index contributed by atoms with van der Waals surface area (Å²) >= 11 is 0. The van der Waals surface area contributed by atoms with Gasteiger partial charge in [0.05, 0.1) is 6.42 Å². The third-order valence-corrected chi connectivity index (χ3v) is 4.52. The lowest BCUT2D eigenvalue weighted by atomic mass is 10.1. The van der Waals surface area contributed by atoms with Crippen molar-refractivity contribution in [2.45, 2.75) is 18.8 Å². The van der Waals surface area contributed by atoms with Crippen molar-refractivity contribution in [2.75, 3.05) is 11.9 Å². The van der Waals surface area contributed by atoms with Crippen molar-refractivity contribution in [3.05, 3.63) is 65.2 Å². The van der Waals surface area contributed by atoms with Crippen molar-refractivity contribution in [1.29, 1.82) is 0 Å². The van der Waals surface area contributed by atoms with E-state index in [0.717, 1.165) is 0 Å². The van der Waals surface area contributed by atoms with Gasteiger partial charge >= 0.3 is 5.97 Å². The second kappa shape index (κ2) is 8.16. The minimum atomic E-state index is -1.12. The number of carboxylic acids is 1. The van der Waals surface area contributed by atoms with Gasteiger partial charge in [0.15, 0.2) is 0 Å². The molecule has 0 saturated heterocycles. The third kappa shape index (κ3) is 4.70. The molecule has 2 aromatic rings. The first-order chi connectivity index (χ1) is 13.3. The lowest BCUT2D eigenvalue weighted by Gasteiger charge is -2.08. The van der Waals surface area contributed by atoms with Crippen LogP contribution in [-0.4, -0.2) is 29.4 Å². The first-order valence-electron chi connectivity index (χ1n) is 8.67. The Morgan fingerprint density at radius 3 is 2.29 bits per heavy atom. The number of hydrogen-bond donors (Lipinski definition) is 3. The topological polar surface area (TPSA) is 95.5 Å². The number of carbonyl (C=O) groups excluding carboxylic acids is 2.